The average molecular weight is 571 g/mol. The molecule has 0 aliphatic carbocycles. The van der Waals surface area contributed by atoms with Crippen LogP contribution in [0.5, 0.6) is 0 Å². The number of nitrogens with two attached hydrogens (primary N) is 2. The van der Waals surface area contributed by atoms with Gasteiger partial charge in [0, 0.05) is 51.9 Å². The van der Waals surface area contributed by atoms with Gasteiger partial charge in [0.25, 0.3) is 0 Å². The Kier molecular flexibility index (Phi) is 6.88. The summed E-state index contributed by atoms with van der Waals surface area (Å²) in [4.78, 5) is 39.2. The fourth-order valence-electron chi connectivity index (χ4n) is 5.75. The number of halogens is 3. The number of aryl methyl sites for hydroxylation is 1. The van der Waals surface area contributed by atoms with E-state index in [2.05, 4.69) is 10.6 Å². The number of methoxy groups -OCH3 is 1. The van der Waals surface area contributed by atoms with Crippen molar-refractivity contribution in [3.63, 3.8) is 0 Å². The number of benzene rings is 3. The predicted molar refractivity (Wildman–Crippen MR) is 147 cm³/mol. The van der Waals surface area contributed by atoms with E-state index in [1.54, 1.807) is 31.2 Å². The Labute approximate surface area is 233 Å². The van der Waals surface area contributed by atoms with Gasteiger partial charge in [-0.2, -0.15) is 0 Å². The van der Waals surface area contributed by atoms with Gasteiger partial charge in [0.05, 0.1) is 17.7 Å². The van der Waals surface area contributed by atoms with Gasteiger partial charge in [-0.25, -0.2) is 9.18 Å². The minimum atomic E-state index is -1.49. The first-order chi connectivity index (χ1) is 18.5. The topological polar surface area (TPSA) is 137 Å². The fraction of sp³-hybridized carbons (Fsp3) is 0.250. The third-order valence-electron chi connectivity index (χ3n) is 7.57. The highest BCUT2D eigenvalue weighted by atomic mass is 35.5. The number of carbonyl (C=O) groups excluding carboxylic acids is 3. The largest absolute Gasteiger partial charge is 0.465 e. The molecule has 0 saturated carbocycles. The van der Waals surface area contributed by atoms with Gasteiger partial charge < -0.3 is 21.5 Å². The van der Waals surface area contributed by atoms with Crippen molar-refractivity contribution in [3.05, 3.63) is 92.2 Å². The van der Waals surface area contributed by atoms with Gasteiger partial charge in [0.15, 0.2) is 5.78 Å². The highest BCUT2D eigenvalue weighted by molar-refractivity contribution is 6.31. The summed E-state index contributed by atoms with van der Waals surface area (Å²) in [6, 6.07) is 10.7. The summed E-state index contributed by atoms with van der Waals surface area (Å²) in [5.74, 6) is -3.00. The Morgan fingerprint density at radius 2 is 1.87 bits per heavy atom. The van der Waals surface area contributed by atoms with Gasteiger partial charge in [0.2, 0.25) is 5.91 Å². The zero-order valence-corrected chi connectivity index (χ0v) is 22.5. The van der Waals surface area contributed by atoms with Crippen LogP contribution in [0, 0.1) is 12.7 Å². The molecule has 0 aromatic heterocycles. The van der Waals surface area contributed by atoms with E-state index < -0.39 is 41.2 Å². The lowest BCUT2D eigenvalue weighted by molar-refractivity contribution is -0.122. The molecule has 3 aromatic carbocycles. The third-order valence-corrected chi connectivity index (χ3v) is 8.09. The van der Waals surface area contributed by atoms with E-state index in [-0.39, 0.29) is 39.6 Å². The van der Waals surface area contributed by atoms with Crippen LogP contribution >= 0.6 is 23.2 Å². The molecule has 1 fully saturated rings. The average Bonchev–Trinajstić information content (AvgIpc) is 3.33. The molecule has 0 radical (unpaired) electrons. The zero-order chi connectivity index (χ0) is 28.2. The van der Waals surface area contributed by atoms with Crippen LogP contribution in [-0.4, -0.2) is 36.9 Å². The van der Waals surface area contributed by atoms with Gasteiger partial charge in [-0.15, -0.1) is 0 Å². The van der Waals surface area contributed by atoms with Crippen molar-refractivity contribution in [2.75, 3.05) is 18.2 Å². The molecular weight excluding hydrogens is 546 g/mol. The van der Waals surface area contributed by atoms with Crippen molar-refractivity contribution in [1.82, 2.24) is 5.32 Å². The van der Waals surface area contributed by atoms with Crippen LogP contribution in [0.1, 0.15) is 49.7 Å². The molecule has 0 unspecified atom stereocenters. The molecule has 1 amide bonds. The molecule has 39 heavy (non-hydrogen) atoms. The van der Waals surface area contributed by atoms with Crippen LogP contribution in [0.4, 0.5) is 15.8 Å². The van der Waals surface area contributed by atoms with Crippen LogP contribution in [0.25, 0.3) is 0 Å². The first kappa shape index (κ1) is 27.1. The van der Waals surface area contributed by atoms with Gasteiger partial charge in [-0.3, -0.25) is 14.9 Å². The number of amides is 1. The molecule has 0 bridgehead atoms. The second-order valence-electron chi connectivity index (χ2n) is 9.77. The standard InChI is InChI=1S/C28H25Cl2FN4O4/c1-12-8-16(19(32)10-15(12)26(37)39-2)22(36)11-21-25(33)23(14-4-3-5-18(30)24(14)31)28(35-21)17-7-6-13(29)9-20(17)34-27(28)38/h3-10,21,23,25,35H,11,32-33H2,1-2H3,(H,34,38)/t21-,23-,25+,28+/m0/s1. The van der Waals surface area contributed by atoms with E-state index in [0.29, 0.717) is 21.8 Å². The minimum Gasteiger partial charge on any atom is -0.465 e. The molecule has 4 atom stereocenters. The van der Waals surface area contributed by atoms with E-state index in [1.165, 1.54) is 31.4 Å². The Morgan fingerprint density at radius 3 is 2.59 bits per heavy atom. The molecule has 2 heterocycles. The van der Waals surface area contributed by atoms with Crippen molar-refractivity contribution in [3.8, 4) is 0 Å². The van der Waals surface area contributed by atoms with Crippen LogP contribution < -0.4 is 22.1 Å². The smallest absolute Gasteiger partial charge is 0.338 e. The molecule has 8 nitrogen and oxygen atoms in total. The maximum absolute atomic E-state index is 15.4. The summed E-state index contributed by atoms with van der Waals surface area (Å²) in [5.41, 5.74) is 13.6. The number of hydrogen-bond acceptors (Lipinski definition) is 7. The monoisotopic (exact) mass is 570 g/mol. The maximum Gasteiger partial charge on any atom is 0.338 e. The number of ketones is 1. The van der Waals surface area contributed by atoms with Crippen molar-refractivity contribution in [2.24, 2.45) is 5.73 Å². The van der Waals surface area contributed by atoms with Crippen LogP contribution in [0.15, 0.2) is 48.5 Å². The molecule has 202 valence electrons. The number of fused-ring (bicyclic) bond motifs is 2. The molecule has 11 heteroatoms. The Hall–Kier alpha value is -3.50. The number of hydrogen-bond donors (Lipinski definition) is 4. The number of rotatable bonds is 5. The molecule has 5 rings (SSSR count). The lowest BCUT2D eigenvalue weighted by Gasteiger charge is -2.31. The van der Waals surface area contributed by atoms with Crippen molar-refractivity contribution in [2.45, 2.75) is 36.9 Å². The van der Waals surface area contributed by atoms with Gasteiger partial charge in [-0.1, -0.05) is 41.4 Å². The molecule has 1 saturated heterocycles. The summed E-state index contributed by atoms with van der Waals surface area (Å²) < 4.78 is 20.2. The lowest BCUT2D eigenvalue weighted by Crippen LogP contribution is -2.49. The summed E-state index contributed by atoms with van der Waals surface area (Å²) in [6.07, 6.45) is -0.154. The summed E-state index contributed by atoms with van der Waals surface area (Å²) in [5, 5.41) is 6.41. The molecule has 3 aromatic rings. The molecule has 2 aliphatic heterocycles. The van der Waals surface area contributed by atoms with Crippen LogP contribution in [0.2, 0.25) is 10.0 Å². The number of nitrogen functional groups attached to an aromatic ring is 1. The minimum absolute atomic E-state index is 0.100. The summed E-state index contributed by atoms with van der Waals surface area (Å²) in [6.45, 7) is 1.67. The normalized spacial score (nSPS) is 23.5. The quantitative estimate of drug-likeness (QED) is 0.204. The number of anilines is 2. The summed E-state index contributed by atoms with van der Waals surface area (Å²) >= 11 is 12.3. The molecule has 1 spiro atoms. The number of ether oxygens (including phenoxy) is 1. The fourth-order valence-corrected chi connectivity index (χ4v) is 6.11. The van der Waals surface area contributed by atoms with E-state index in [9.17, 15) is 14.4 Å². The first-order valence-electron chi connectivity index (χ1n) is 12.1. The maximum atomic E-state index is 15.4. The highest BCUT2D eigenvalue weighted by Crippen LogP contribution is 2.52. The van der Waals surface area contributed by atoms with E-state index in [4.69, 9.17) is 39.4 Å². The van der Waals surface area contributed by atoms with Gasteiger partial charge >= 0.3 is 5.97 Å². The molecule has 2 aliphatic rings. The number of Topliss-reactive ketones (excluding diaryl/α,β-unsaturated/α-hetero) is 1. The van der Waals surface area contributed by atoms with Gasteiger partial charge in [-0.05, 0) is 48.4 Å². The van der Waals surface area contributed by atoms with Crippen molar-refractivity contribution in [1.29, 1.82) is 0 Å². The third kappa shape index (κ3) is 4.26. The van der Waals surface area contributed by atoms with Crippen molar-refractivity contribution >= 4 is 52.2 Å². The second kappa shape index (κ2) is 9.91. The molecule has 6 N–H and O–H groups in total. The number of carbonyl (C=O) groups is 3. The Bertz CT molecular complexity index is 1550. The lowest BCUT2D eigenvalue weighted by atomic mass is 9.74. The highest BCUT2D eigenvalue weighted by Gasteiger charge is 2.62. The number of nitrogens with one attached hydrogen (secondary N) is 2. The summed E-state index contributed by atoms with van der Waals surface area (Å²) in [7, 11) is 1.25. The van der Waals surface area contributed by atoms with E-state index in [1.807, 2.05) is 0 Å². The first-order valence-corrected chi connectivity index (χ1v) is 12.9. The van der Waals surface area contributed by atoms with Gasteiger partial charge in [0.1, 0.15) is 11.4 Å². The Balaban J connectivity index is 1.57. The Morgan fingerprint density at radius 1 is 1.13 bits per heavy atom. The van der Waals surface area contributed by atoms with Crippen molar-refractivity contribution < 1.29 is 23.5 Å². The molecular formula is C28H25Cl2FN4O4. The van der Waals surface area contributed by atoms with Crippen LogP contribution in [-0.2, 0) is 15.1 Å². The van der Waals surface area contributed by atoms with E-state index in [0.717, 1.165) is 0 Å². The van der Waals surface area contributed by atoms with Crippen LogP contribution in [0.3, 0.4) is 0 Å². The van der Waals surface area contributed by atoms with E-state index >= 15 is 4.39 Å². The zero-order valence-electron chi connectivity index (χ0n) is 21.0. The SMILES string of the molecule is COC(=O)c1cc(N)c(C(=O)C[C@@H]2N[C@@]3(C(=O)Nc4cc(Cl)ccc43)[C@@H](c3cccc(Cl)c3F)[C@@H]2N)cc1C. The number of esters is 1. The predicted octanol–water partition coefficient (Wildman–Crippen LogP) is 4.31. The second-order valence-corrected chi connectivity index (χ2v) is 10.6.